The van der Waals surface area contributed by atoms with E-state index in [1.165, 1.54) is 24.3 Å². The highest BCUT2D eigenvalue weighted by Crippen LogP contribution is 2.14. The average Bonchev–Trinajstić information content (AvgIpc) is 2.19. The summed E-state index contributed by atoms with van der Waals surface area (Å²) in [5.74, 6) is -0.543. The zero-order valence-electron chi connectivity index (χ0n) is 8.71. The lowest BCUT2D eigenvalue weighted by molar-refractivity contribution is -0.126. The van der Waals surface area contributed by atoms with Gasteiger partial charge in [0.2, 0.25) is 5.91 Å². The lowest BCUT2D eigenvalue weighted by Crippen LogP contribution is -2.35. The molecule has 0 unspecified atom stereocenters. The summed E-state index contributed by atoms with van der Waals surface area (Å²) in [7, 11) is 0. The molecule has 3 N–H and O–H groups in total. The van der Waals surface area contributed by atoms with E-state index < -0.39 is 25.2 Å². The topological polar surface area (TPSA) is 61.4 Å². The Kier molecular flexibility index (Phi) is 4.33. The smallest absolute Gasteiger partial charge is 0.401 e. The number of alkyl halides is 3. The highest BCUT2D eigenvalue weighted by Gasteiger charge is 2.26. The monoisotopic (exact) mass is 248 g/mol. The van der Waals surface area contributed by atoms with Crippen molar-refractivity contribution < 1.29 is 23.1 Å². The molecule has 0 fully saturated rings. The maximum absolute atomic E-state index is 11.8. The number of phenols is 1. The number of anilines is 1. The number of hydrogen-bond acceptors (Lipinski definition) is 3. The zero-order chi connectivity index (χ0) is 12.9. The average molecular weight is 248 g/mol. The van der Waals surface area contributed by atoms with E-state index in [-0.39, 0.29) is 5.75 Å². The summed E-state index contributed by atoms with van der Waals surface area (Å²) in [4.78, 5) is 11.2. The fraction of sp³-hybridized carbons (Fsp3) is 0.300. The minimum atomic E-state index is -4.33. The highest BCUT2D eigenvalue weighted by atomic mass is 19.4. The first-order valence-electron chi connectivity index (χ1n) is 4.73. The van der Waals surface area contributed by atoms with Crippen LogP contribution in [0, 0.1) is 0 Å². The molecule has 1 aromatic carbocycles. The molecule has 0 radical (unpaired) electrons. The lowest BCUT2D eigenvalue weighted by Gasteiger charge is -2.08. The quantitative estimate of drug-likeness (QED) is 0.707. The third-order valence-corrected chi connectivity index (χ3v) is 1.76. The molecule has 1 aromatic rings. The van der Waals surface area contributed by atoms with Crippen LogP contribution in [0.1, 0.15) is 0 Å². The summed E-state index contributed by atoms with van der Waals surface area (Å²) in [6.45, 7) is -1.64. The number of amides is 1. The van der Waals surface area contributed by atoms with E-state index in [0.717, 1.165) is 0 Å². The molecule has 17 heavy (non-hydrogen) atoms. The van der Waals surface area contributed by atoms with Crippen LogP contribution in [0.15, 0.2) is 24.3 Å². The van der Waals surface area contributed by atoms with E-state index in [2.05, 4.69) is 5.32 Å². The van der Waals surface area contributed by atoms with Crippen molar-refractivity contribution in [2.75, 3.05) is 18.4 Å². The van der Waals surface area contributed by atoms with Crippen LogP contribution in [0.25, 0.3) is 0 Å². The van der Waals surface area contributed by atoms with Crippen molar-refractivity contribution in [1.29, 1.82) is 0 Å². The Morgan fingerprint density at radius 3 is 2.35 bits per heavy atom. The summed E-state index contributed by atoms with van der Waals surface area (Å²) in [6, 6.07) is 5.60. The van der Waals surface area contributed by atoms with Crippen molar-refractivity contribution in [2.24, 2.45) is 0 Å². The van der Waals surface area contributed by atoms with Gasteiger partial charge in [-0.3, -0.25) is 4.79 Å². The number of carbonyl (C=O) groups excluding carboxylic acids is 1. The van der Waals surface area contributed by atoms with Gasteiger partial charge in [-0.05, 0) is 24.3 Å². The van der Waals surface area contributed by atoms with Gasteiger partial charge in [0, 0.05) is 5.69 Å². The number of benzene rings is 1. The Morgan fingerprint density at radius 1 is 1.24 bits per heavy atom. The number of aromatic hydroxyl groups is 1. The summed E-state index contributed by atoms with van der Waals surface area (Å²) < 4.78 is 35.3. The molecule has 1 rings (SSSR count). The van der Waals surface area contributed by atoms with Crippen molar-refractivity contribution >= 4 is 11.6 Å². The number of halogens is 3. The van der Waals surface area contributed by atoms with Gasteiger partial charge < -0.3 is 15.7 Å². The van der Waals surface area contributed by atoms with Crippen LogP contribution in [0.2, 0.25) is 0 Å². The third kappa shape index (κ3) is 5.76. The first-order valence-corrected chi connectivity index (χ1v) is 4.73. The standard InChI is InChI=1S/C10H11F3N2O2/c11-10(12,13)6-14-5-9(17)15-7-1-3-8(16)4-2-7/h1-4,14,16H,5-6H2,(H,15,17). The van der Waals surface area contributed by atoms with Gasteiger partial charge in [-0.15, -0.1) is 0 Å². The van der Waals surface area contributed by atoms with E-state index in [0.29, 0.717) is 5.69 Å². The summed E-state index contributed by atoms with van der Waals surface area (Å²) in [6.07, 6.45) is -4.33. The number of nitrogens with one attached hydrogen (secondary N) is 2. The van der Waals surface area contributed by atoms with Crippen LogP contribution in [-0.4, -0.2) is 30.3 Å². The van der Waals surface area contributed by atoms with Crippen LogP contribution in [0.3, 0.4) is 0 Å². The molecule has 0 aromatic heterocycles. The number of hydrogen-bond donors (Lipinski definition) is 3. The minimum Gasteiger partial charge on any atom is -0.508 e. The Bertz CT molecular complexity index is 376. The predicted molar refractivity (Wildman–Crippen MR) is 55.7 cm³/mol. The summed E-state index contributed by atoms with van der Waals surface area (Å²) in [5.41, 5.74) is 0.404. The Balaban J connectivity index is 2.32. The fourth-order valence-electron chi connectivity index (χ4n) is 1.07. The van der Waals surface area contributed by atoms with Gasteiger partial charge in [-0.2, -0.15) is 13.2 Å². The first kappa shape index (κ1) is 13.3. The van der Waals surface area contributed by atoms with E-state index in [4.69, 9.17) is 5.11 Å². The van der Waals surface area contributed by atoms with Crippen molar-refractivity contribution in [1.82, 2.24) is 5.32 Å². The molecule has 4 nitrogen and oxygen atoms in total. The molecular weight excluding hydrogens is 237 g/mol. The lowest BCUT2D eigenvalue weighted by atomic mass is 10.3. The molecule has 0 aliphatic heterocycles. The molecule has 0 atom stereocenters. The second-order valence-electron chi connectivity index (χ2n) is 3.31. The second kappa shape index (κ2) is 5.53. The second-order valence-corrected chi connectivity index (χ2v) is 3.31. The largest absolute Gasteiger partial charge is 0.508 e. The van der Waals surface area contributed by atoms with Gasteiger partial charge in [0.25, 0.3) is 0 Å². The molecule has 94 valence electrons. The van der Waals surface area contributed by atoms with Crippen LogP contribution in [-0.2, 0) is 4.79 Å². The van der Waals surface area contributed by atoms with E-state index in [1.54, 1.807) is 0 Å². The molecule has 0 saturated carbocycles. The van der Waals surface area contributed by atoms with Crippen molar-refractivity contribution in [3.05, 3.63) is 24.3 Å². The van der Waals surface area contributed by atoms with Gasteiger partial charge in [-0.25, -0.2) is 0 Å². The van der Waals surface area contributed by atoms with Crippen molar-refractivity contribution in [2.45, 2.75) is 6.18 Å². The Morgan fingerprint density at radius 2 is 1.82 bits per heavy atom. The molecule has 1 amide bonds. The van der Waals surface area contributed by atoms with Crippen LogP contribution < -0.4 is 10.6 Å². The maximum Gasteiger partial charge on any atom is 0.401 e. The van der Waals surface area contributed by atoms with Crippen molar-refractivity contribution in [3.63, 3.8) is 0 Å². The van der Waals surface area contributed by atoms with Crippen LogP contribution in [0.5, 0.6) is 5.75 Å². The maximum atomic E-state index is 11.8. The van der Waals surface area contributed by atoms with E-state index in [9.17, 15) is 18.0 Å². The van der Waals surface area contributed by atoms with Gasteiger partial charge in [0.15, 0.2) is 0 Å². The van der Waals surface area contributed by atoms with Gasteiger partial charge >= 0.3 is 6.18 Å². The zero-order valence-corrected chi connectivity index (χ0v) is 8.71. The predicted octanol–water partition coefficient (Wildman–Crippen LogP) is 1.48. The van der Waals surface area contributed by atoms with E-state index in [1.807, 2.05) is 5.32 Å². The first-order chi connectivity index (χ1) is 7.87. The van der Waals surface area contributed by atoms with Crippen molar-refractivity contribution in [3.8, 4) is 5.75 Å². The SMILES string of the molecule is O=C(CNCC(F)(F)F)Nc1ccc(O)cc1. The van der Waals surface area contributed by atoms with Gasteiger partial charge in [0.1, 0.15) is 5.75 Å². The Labute approximate surface area is 95.4 Å². The molecule has 0 spiro atoms. The molecule has 0 aliphatic carbocycles. The molecular formula is C10H11F3N2O2. The molecule has 0 saturated heterocycles. The Hall–Kier alpha value is -1.76. The third-order valence-electron chi connectivity index (χ3n) is 1.76. The van der Waals surface area contributed by atoms with E-state index >= 15 is 0 Å². The van der Waals surface area contributed by atoms with Gasteiger partial charge in [-0.1, -0.05) is 0 Å². The number of carbonyl (C=O) groups is 1. The highest BCUT2D eigenvalue weighted by molar-refractivity contribution is 5.92. The number of phenolic OH excluding ortho intramolecular Hbond substituents is 1. The fourth-order valence-corrected chi connectivity index (χ4v) is 1.07. The molecule has 7 heteroatoms. The number of rotatable bonds is 4. The summed E-state index contributed by atoms with van der Waals surface area (Å²) in [5, 5.41) is 13.3. The summed E-state index contributed by atoms with van der Waals surface area (Å²) >= 11 is 0. The normalized spacial score (nSPS) is 11.2. The molecule has 0 heterocycles. The molecule has 0 bridgehead atoms. The van der Waals surface area contributed by atoms with Crippen LogP contribution in [0.4, 0.5) is 18.9 Å². The minimum absolute atomic E-state index is 0.0400. The van der Waals surface area contributed by atoms with Crippen LogP contribution >= 0.6 is 0 Å². The van der Waals surface area contributed by atoms with Gasteiger partial charge in [0.05, 0.1) is 13.1 Å². The molecule has 0 aliphatic rings.